The molecule has 3 rings (SSSR count). The zero-order chi connectivity index (χ0) is 14.7. The molecule has 0 saturated heterocycles. The fourth-order valence-electron chi connectivity index (χ4n) is 2.68. The fraction of sp³-hybridized carbons (Fsp3) is 0.533. The van der Waals surface area contributed by atoms with Crippen LogP contribution in [0.15, 0.2) is 16.7 Å². The van der Waals surface area contributed by atoms with Crippen LogP contribution in [0.5, 0.6) is 0 Å². The number of aromatic nitrogens is 3. The van der Waals surface area contributed by atoms with Crippen LogP contribution < -0.4 is 10.6 Å². The molecule has 1 aliphatic rings. The van der Waals surface area contributed by atoms with Gasteiger partial charge in [-0.2, -0.15) is 4.98 Å². The summed E-state index contributed by atoms with van der Waals surface area (Å²) in [4.78, 5) is 8.99. The van der Waals surface area contributed by atoms with Gasteiger partial charge in [-0.15, -0.1) is 0 Å². The third-order valence-electron chi connectivity index (χ3n) is 3.68. The van der Waals surface area contributed by atoms with Gasteiger partial charge in [0, 0.05) is 23.9 Å². The van der Waals surface area contributed by atoms with E-state index in [1.807, 2.05) is 26.0 Å². The van der Waals surface area contributed by atoms with Gasteiger partial charge in [-0.25, -0.2) is 4.98 Å². The highest BCUT2D eigenvalue weighted by atomic mass is 16.5. The van der Waals surface area contributed by atoms with E-state index in [0.717, 1.165) is 17.3 Å². The van der Waals surface area contributed by atoms with Crippen LogP contribution in [0.2, 0.25) is 0 Å². The van der Waals surface area contributed by atoms with Crippen LogP contribution in [0, 0.1) is 13.8 Å². The number of rotatable bonds is 4. The Kier molecular flexibility index (Phi) is 4.03. The molecule has 1 saturated carbocycles. The molecule has 2 heterocycles. The largest absolute Gasteiger partial charge is 0.360 e. The zero-order valence-electron chi connectivity index (χ0n) is 12.5. The molecule has 0 aliphatic heterocycles. The Morgan fingerprint density at radius 3 is 2.57 bits per heavy atom. The van der Waals surface area contributed by atoms with Crippen molar-refractivity contribution in [1.29, 1.82) is 0 Å². The van der Waals surface area contributed by atoms with Crippen molar-refractivity contribution in [3.05, 3.63) is 23.6 Å². The Balaban J connectivity index is 1.72. The predicted octanol–water partition coefficient (Wildman–Crippen LogP) is 3.57. The molecule has 0 spiro atoms. The smallest absolute Gasteiger partial charge is 0.225 e. The summed E-state index contributed by atoms with van der Waals surface area (Å²) < 4.78 is 5.05. The lowest BCUT2D eigenvalue weighted by Gasteiger charge is -2.23. The molecule has 0 aromatic carbocycles. The molecule has 0 atom stereocenters. The first-order valence-corrected chi connectivity index (χ1v) is 7.51. The molecular weight excluding hydrogens is 266 g/mol. The Morgan fingerprint density at radius 2 is 1.86 bits per heavy atom. The predicted molar refractivity (Wildman–Crippen MR) is 81.8 cm³/mol. The van der Waals surface area contributed by atoms with Crippen molar-refractivity contribution < 1.29 is 4.52 Å². The molecule has 6 nitrogen and oxygen atoms in total. The van der Waals surface area contributed by atoms with Crippen LogP contribution in [-0.4, -0.2) is 21.2 Å². The highest BCUT2D eigenvalue weighted by Gasteiger charge is 2.14. The first-order valence-electron chi connectivity index (χ1n) is 7.51. The van der Waals surface area contributed by atoms with E-state index in [2.05, 4.69) is 25.8 Å². The van der Waals surface area contributed by atoms with Gasteiger partial charge in [0.15, 0.2) is 5.82 Å². The van der Waals surface area contributed by atoms with E-state index < -0.39 is 0 Å². The van der Waals surface area contributed by atoms with Crippen LogP contribution in [0.25, 0.3) is 0 Å². The summed E-state index contributed by atoms with van der Waals surface area (Å²) in [6, 6.07) is 4.23. The molecule has 2 N–H and O–H groups in total. The summed E-state index contributed by atoms with van der Waals surface area (Å²) in [6.45, 7) is 3.83. The highest BCUT2D eigenvalue weighted by molar-refractivity contribution is 5.53. The van der Waals surface area contributed by atoms with E-state index in [0.29, 0.717) is 17.8 Å². The quantitative estimate of drug-likeness (QED) is 0.895. The monoisotopic (exact) mass is 287 g/mol. The van der Waals surface area contributed by atoms with Crippen molar-refractivity contribution >= 4 is 17.6 Å². The lowest BCUT2D eigenvalue weighted by atomic mass is 9.96. The number of hydrogen-bond donors (Lipinski definition) is 2. The Morgan fingerprint density at radius 1 is 1.05 bits per heavy atom. The van der Waals surface area contributed by atoms with Gasteiger partial charge in [-0.05, 0) is 26.7 Å². The third-order valence-corrected chi connectivity index (χ3v) is 3.68. The molecule has 112 valence electrons. The first-order chi connectivity index (χ1) is 10.2. The van der Waals surface area contributed by atoms with E-state index in [4.69, 9.17) is 4.52 Å². The van der Waals surface area contributed by atoms with Crippen LogP contribution in [0.1, 0.15) is 43.6 Å². The van der Waals surface area contributed by atoms with Gasteiger partial charge in [0.25, 0.3) is 0 Å². The fourth-order valence-corrected chi connectivity index (χ4v) is 2.68. The Labute approximate surface area is 124 Å². The van der Waals surface area contributed by atoms with E-state index in [-0.39, 0.29) is 0 Å². The van der Waals surface area contributed by atoms with Crippen LogP contribution in [0.3, 0.4) is 0 Å². The third kappa shape index (κ3) is 3.71. The lowest BCUT2D eigenvalue weighted by Crippen LogP contribution is -2.23. The number of anilines is 3. The number of nitrogens with zero attached hydrogens (tertiary/aromatic N) is 3. The minimum atomic E-state index is 0.489. The van der Waals surface area contributed by atoms with Crippen molar-refractivity contribution in [3.63, 3.8) is 0 Å². The molecule has 1 fully saturated rings. The van der Waals surface area contributed by atoms with Gasteiger partial charge in [-0.1, -0.05) is 24.4 Å². The maximum Gasteiger partial charge on any atom is 0.225 e. The number of nitrogens with one attached hydrogen (secondary N) is 2. The molecule has 1 aliphatic carbocycles. The van der Waals surface area contributed by atoms with Crippen LogP contribution in [0.4, 0.5) is 17.6 Å². The topological polar surface area (TPSA) is 75.9 Å². The summed E-state index contributed by atoms with van der Waals surface area (Å²) in [6.07, 6.45) is 6.30. The van der Waals surface area contributed by atoms with E-state index in [1.165, 1.54) is 32.1 Å². The summed E-state index contributed by atoms with van der Waals surface area (Å²) in [5.41, 5.74) is 0.922. The summed E-state index contributed by atoms with van der Waals surface area (Å²) >= 11 is 0. The molecule has 21 heavy (non-hydrogen) atoms. The van der Waals surface area contributed by atoms with Crippen LogP contribution >= 0.6 is 0 Å². The Hall–Kier alpha value is -2.11. The molecule has 2 aromatic heterocycles. The summed E-state index contributed by atoms with van der Waals surface area (Å²) in [7, 11) is 0. The standard InChI is InChI=1S/C15H21N5O/c1-10-8-13(18-14-9-11(2)21-20-14)19-15(16-10)17-12-6-4-3-5-7-12/h8-9,12H,3-7H2,1-2H3,(H2,16,17,18,19,20). The van der Waals surface area contributed by atoms with Gasteiger partial charge in [0.1, 0.15) is 11.6 Å². The van der Waals surface area contributed by atoms with Gasteiger partial charge in [0.05, 0.1) is 0 Å². The second-order valence-corrected chi connectivity index (χ2v) is 5.65. The van der Waals surface area contributed by atoms with Crippen molar-refractivity contribution in [3.8, 4) is 0 Å². The summed E-state index contributed by atoms with van der Waals surface area (Å²) in [5.74, 6) is 2.84. The van der Waals surface area contributed by atoms with E-state index >= 15 is 0 Å². The minimum Gasteiger partial charge on any atom is -0.360 e. The van der Waals surface area contributed by atoms with Crippen molar-refractivity contribution in [2.75, 3.05) is 10.6 Å². The maximum absolute atomic E-state index is 5.05. The van der Waals surface area contributed by atoms with Gasteiger partial charge in [0.2, 0.25) is 5.95 Å². The second kappa shape index (κ2) is 6.11. The molecule has 0 amide bonds. The van der Waals surface area contributed by atoms with E-state index in [1.54, 1.807) is 0 Å². The molecular formula is C15H21N5O. The van der Waals surface area contributed by atoms with Crippen LogP contribution in [-0.2, 0) is 0 Å². The lowest BCUT2D eigenvalue weighted by molar-refractivity contribution is 0.400. The Bertz CT molecular complexity index is 604. The van der Waals surface area contributed by atoms with E-state index in [9.17, 15) is 0 Å². The maximum atomic E-state index is 5.05. The second-order valence-electron chi connectivity index (χ2n) is 5.65. The molecule has 2 aromatic rings. The average molecular weight is 287 g/mol. The first kappa shape index (κ1) is 13.9. The van der Waals surface area contributed by atoms with Crippen molar-refractivity contribution in [1.82, 2.24) is 15.1 Å². The van der Waals surface area contributed by atoms with Crippen molar-refractivity contribution in [2.24, 2.45) is 0 Å². The van der Waals surface area contributed by atoms with Gasteiger partial charge >= 0.3 is 0 Å². The van der Waals surface area contributed by atoms with Gasteiger partial charge in [-0.3, -0.25) is 0 Å². The molecule has 0 radical (unpaired) electrons. The zero-order valence-corrected chi connectivity index (χ0v) is 12.5. The van der Waals surface area contributed by atoms with Crippen molar-refractivity contribution in [2.45, 2.75) is 52.0 Å². The SMILES string of the molecule is Cc1cc(Nc2cc(C)on2)nc(NC2CCCCC2)n1. The summed E-state index contributed by atoms with van der Waals surface area (Å²) in [5, 5.41) is 10.5. The normalized spacial score (nSPS) is 15.9. The molecule has 0 bridgehead atoms. The molecule has 6 heteroatoms. The van der Waals surface area contributed by atoms with Gasteiger partial charge < -0.3 is 15.2 Å². The minimum absolute atomic E-state index is 0.489. The molecule has 0 unspecified atom stereocenters. The average Bonchev–Trinajstić information content (AvgIpc) is 2.84. The number of aryl methyl sites for hydroxylation is 2. The number of hydrogen-bond acceptors (Lipinski definition) is 6. The highest BCUT2D eigenvalue weighted by Crippen LogP contribution is 2.22.